The lowest BCUT2D eigenvalue weighted by Gasteiger charge is -2.51. The number of pyridine rings is 1. The van der Waals surface area contributed by atoms with Gasteiger partial charge in [-0.1, -0.05) is 50.1 Å². The molecule has 2 saturated heterocycles. The third-order valence-electron chi connectivity index (χ3n) is 13.9. The standard InChI is InChI=1S/C52H74N12O10S/c1-37-38(2)75-51(57-37)61-48(67)41-8-4-5-9-42(41)58-45(65)12-20-69-22-24-71-26-28-73-30-31-74-29-27-72-25-23-70-21-15-53-46(66)35-62-16-18-63(19-17-62)40-10-11-44(54-34-40)59-50-55-33-39-32-43-49(68)56-36-52(13-6-3-7-14-52)64(43)47(39)60-50/h4-5,8-11,33-34,37-38,43H,3,6-7,12-32,35-36H2,1-2H3,(H,53,66)(H,56,68)(H,58,65)(H,57,61,67)(H,54,55,59,60). The monoisotopic (exact) mass is 1060 g/mol. The predicted octanol–water partition coefficient (Wildman–Crippen LogP) is 3.16. The maximum Gasteiger partial charge on any atom is 0.259 e. The molecule has 5 N–H and O–H groups in total. The largest absolute Gasteiger partial charge is 0.379 e. The van der Waals surface area contributed by atoms with E-state index in [1.807, 2.05) is 31.5 Å². The van der Waals surface area contributed by atoms with Gasteiger partial charge in [0.2, 0.25) is 23.7 Å². The van der Waals surface area contributed by atoms with Crippen LogP contribution in [0.3, 0.4) is 0 Å². The van der Waals surface area contributed by atoms with E-state index in [0.29, 0.717) is 132 Å². The molecule has 1 aromatic carbocycles. The first kappa shape index (κ1) is 55.7. The summed E-state index contributed by atoms with van der Waals surface area (Å²) in [4.78, 5) is 76.3. The van der Waals surface area contributed by atoms with Crippen LogP contribution in [0, 0.1) is 0 Å². The highest BCUT2D eigenvalue weighted by Crippen LogP contribution is 2.45. The molecule has 3 aromatic rings. The third-order valence-corrected chi connectivity index (χ3v) is 15.1. The molecule has 408 valence electrons. The van der Waals surface area contributed by atoms with E-state index in [2.05, 4.69) is 63.2 Å². The number of nitrogens with zero attached hydrogens (tertiary/aromatic N) is 7. The van der Waals surface area contributed by atoms with Crippen molar-refractivity contribution in [1.82, 2.24) is 35.8 Å². The van der Waals surface area contributed by atoms with Gasteiger partial charge in [-0.05, 0) is 44.0 Å². The number of aliphatic imine (C=N–C) groups is 1. The van der Waals surface area contributed by atoms with Crippen LogP contribution >= 0.6 is 11.8 Å². The van der Waals surface area contributed by atoms with Crippen molar-refractivity contribution < 1.29 is 47.6 Å². The minimum Gasteiger partial charge on any atom is -0.379 e. The number of hydrogen-bond acceptors (Lipinski definition) is 19. The number of carbonyl (C=O) groups is 4. The van der Waals surface area contributed by atoms with Crippen LogP contribution in [0.1, 0.15) is 68.3 Å². The number of anilines is 5. The minimum atomic E-state index is -0.318. The van der Waals surface area contributed by atoms with Gasteiger partial charge in [-0.3, -0.25) is 29.1 Å². The molecule has 8 rings (SSSR count). The number of para-hydroxylation sites is 1. The summed E-state index contributed by atoms with van der Waals surface area (Å²) in [5, 5.41) is 15.9. The molecule has 4 amide bonds. The number of amides is 4. The highest BCUT2D eigenvalue weighted by atomic mass is 32.2. The SMILES string of the molecule is CC1N=C(NC(=O)c2ccccc2NC(=O)CCOCCOCCOCCOCCOCCOCCNC(=O)CN2CCN(c3ccc(Nc4ncc5c(n4)N4C(C5)C(=O)NCC45CCCCC5)nc3)CC2)SC1C. The van der Waals surface area contributed by atoms with Gasteiger partial charge in [-0.25, -0.2) is 9.97 Å². The van der Waals surface area contributed by atoms with E-state index >= 15 is 0 Å². The number of thioether (sulfide) groups is 1. The zero-order valence-electron chi connectivity index (χ0n) is 43.4. The van der Waals surface area contributed by atoms with Gasteiger partial charge < -0.3 is 64.8 Å². The summed E-state index contributed by atoms with van der Waals surface area (Å²) in [7, 11) is 0. The zero-order chi connectivity index (χ0) is 52.2. The number of amidine groups is 1. The second kappa shape index (κ2) is 28.6. The summed E-state index contributed by atoms with van der Waals surface area (Å²) >= 11 is 1.52. The van der Waals surface area contributed by atoms with E-state index in [-0.39, 0.29) is 54.3 Å². The van der Waals surface area contributed by atoms with Crippen molar-refractivity contribution in [3.05, 3.63) is 59.9 Å². The second-order valence-corrected chi connectivity index (χ2v) is 20.6. The first-order chi connectivity index (χ1) is 36.6. The van der Waals surface area contributed by atoms with Crippen molar-refractivity contribution in [2.24, 2.45) is 4.99 Å². The first-order valence-corrected chi connectivity index (χ1v) is 27.3. The van der Waals surface area contributed by atoms with Crippen LogP contribution < -0.4 is 36.4 Å². The van der Waals surface area contributed by atoms with Crippen molar-refractivity contribution >= 4 is 69.5 Å². The molecule has 1 aliphatic carbocycles. The van der Waals surface area contributed by atoms with E-state index < -0.39 is 0 Å². The van der Waals surface area contributed by atoms with E-state index in [4.69, 9.17) is 33.4 Å². The Morgan fingerprint density at radius 2 is 1.43 bits per heavy atom. The molecule has 1 spiro atoms. The fraction of sp³-hybridized carbons (Fsp3) is 0.615. The highest BCUT2D eigenvalue weighted by Gasteiger charge is 2.52. The van der Waals surface area contributed by atoms with Crippen LogP contribution in [0.4, 0.5) is 29.0 Å². The molecule has 4 aliphatic heterocycles. The average Bonchev–Trinajstić information content (AvgIpc) is 3.99. The Morgan fingerprint density at radius 1 is 0.760 bits per heavy atom. The first-order valence-electron chi connectivity index (χ1n) is 26.5. The van der Waals surface area contributed by atoms with E-state index in [1.54, 1.807) is 24.3 Å². The van der Waals surface area contributed by atoms with Crippen molar-refractivity contribution in [3.63, 3.8) is 0 Å². The van der Waals surface area contributed by atoms with Gasteiger partial charge in [0.25, 0.3) is 5.91 Å². The lowest BCUT2D eigenvalue weighted by atomic mass is 9.78. The Morgan fingerprint density at radius 3 is 2.08 bits per heavy atom. The molecule has 0 bridgehead atoms. The molecule has 5 aliphatic rings. The Labute approximate surface area is 443 Å². The van der Waals surface area contributed by atoms with E-state index in [9.17, 15) is 19.2 Å². The number of hydrogen-bond donors (Lipinski definition) is 5. The van der Waals surface area contributed by atoms with Crippen molar-refractivity contribution in [2.75, 3.05) is 146 Å². The second-order valence-electron chi connectivity index (χ2n) is 19.2. The molecule has 0 radical (unpaired) electrons. The van der Waals surface area contributed by atoms with Gasteiger partial charge in [-0.2, -0.15) is 4.98 Å². The quantitative estimate of drug-likeness (QED) is 0.0656. The maximum atomic E-state index is 12.9. The zero-order valence-corrected chi connectivity index (χ0v) is 44.2. The molecule has 3 fully saturated rings. The van der Waals surface area contributed by atoms with E-state index in [1.165, 1.54) is 18.2 Å². The maximum absolute atomic E-state index is 12.9. The fourth-order valence-electron chi connectivity index (χ4n) is 9.74. The summed E-state index contributed by atoms with van der Waals surface area (Å²) in [6.45, 7) is 13.3. The van der Waals surface area contributed by atoms with Crippen LogP contribution in [-0.2, 0) is 49.2 Å². The van der Waals surface area contributed by atoms with Gasteiger partial charge in [0.15, 0.2) is 5.17 Å². The fourth-order valence-corrected chi connectivity index (χ4v) is 10.7. The molecular formula is C52H74N12O10S. The lowest BCUT2D eigenvalue weighted by Crippen LogP contribution is -2.67. The lowest BCUT2D eigenvalue weighted by molar-refractivity contribution is -0.125. The van der Waals surface area contributed by atoms with Gasteiger partial charge in [-0.15, -0.1) is 0 Å². The van der Waals surface area contributed by atoms with Crippen LogP contribution in [0.5, 0.6) is 0 Å². The smallest absolute Gasteiger partial charge is 0.259 e. The number of rotatable bonds is 28. The van der Waals surface area contributed by atoms with Crippen LogP contribution in [0.2, 0.25) is 0 Å². The molecule has 22 nitrogen and oxygen atoms in total. The summed E-state index contributed by atoms with van der Waals surface area (Å²) in [5.41, 5.74) is 2.75. The van der Waals surface area contributed by atoms with Crippen molar-refractivity contribution in [3.8, 4) is 0 Å². The molecule has 75 heavy (non-hydrogen) atoms. The Balaban J connectivity index is 0.571. The number of piperazine rings is 2. The molecule has 3 atom stereocenters. The molecule has 1 saturated carbocycles. The highest BCUT2D eigenvalue weighted by molar-refractivity contribution is 8.14. The van der Waals surface area contributed by atoms with Crippen LogP contribution in [0.25, 0.3) is 0 Å². The average molecular weight is 1060 g/mol. The number of nitrogens with one attached hydrogen (secondary N) is 5. The summed E-state index contributed by atoms with van der Waals surface area (Å²) in [6, 6.07) is 10.8. The van der Waals surface area contributed by atoms with E-state index in [0.717, 1.165) is 68.9 Å². The Bertz CT molecular complexity index is 2370. The molecule has 2 aromatic heterocycles. The molecule has 23 heteroatoms. The number of benzene rings is 1. The normalized spacial score (nSPS) is 20.1. The summed E-state index contributed by atoms with van der Waals surface area (Å²) in [6.07, 6.45) is 10.1. The molecule has 3 unspecified atom stereocenters. The van der Waals surface area contributed by atoms with Crippen LogP contribution in [0.15, 0.2) is 53.8 Å². The van der Waals surface area contributed by atoms with Crippen molar-refractivity contribution in [2.45, 2.75) is 81.7 Å². The molecule has 6 heterocycles. The third kappa shape index (κ3) is 16.2. The van der Waals surface area contributed by atoms with Gasteiger partial charge in [0.1, 0.15) is 17.7 Å². The Hall–Kier alpha value is -5.53. The topological polar surface area (TPSA) is 245 Å². The predicted molar refractivity (Wildman–Crippen MR) is 286 cm³/mol. The van der Waals surface area contributed by atoms with Gasteiger partial charge >= 0.3 is 0 Å². The number of ether oxygens (including phenoxy) is 6. The number of carbonyl (C=O) groups excluding carboxylic acids is 4. The minimum absolute atomic E-state index is 0.0281. The summed E-state index contributed by atoms with van der Waals surface area (Å²) < 4.78 is 33.4. The van der Waals surface area contributed by atoms with Crippen LogP contribution in [-0.4, -0.2) is 197 Å². The van der Waals surface area contributed by atoms with Gasteiger partial charge in [0, 0.05) is 62.7 Å². The molecular weight excluding hydrogens is 985 g/mol. The van der Waals surface area contributed by atoms with Crippen molar-refractivity contribution in [1.29, 1.82) is 0 Å². The Kier molecular flexibility index (Phi) is 21.2. The number of fused-ring (bicyclic) bond motifs is 4. The van der Waals surface area contributed by atoms with Gasteiger partial charge in [0.05, 0.1) is 127 Å². The summed E-state index contributed by atoms with van der Waals surface area (Å²) in [5.74, 6) is 1.46. The number of aromatic nitrogens is 3.